The van der Waals surface area contributed by atoms with Gasteiger partial charge in [-0.25, -0.2) is 10.2 Å². The maximum absolute atomic E-state index is 11.7. The Morgan fingerprint density at radius 2 is 1.57 bits per heavy atom. The van der Waals surface area contributed by atoms with Crippen molar-refractivity contribution in [2.45, 2.75) is 13.8 Å². The number of hydrogen-bond acceptors (Lipinski definition) is 3. The van der Waals surface area contributed by atoms with Gasteiger partial charge in [-0.2, -0.15) is 0 Å². The SMILES string of the molecule is Cc1cccc(C)c1OCC(=O)NNC(=O)Nc1ccccc1. The minimum absolute atomic E-state index is 0.183. The van der Waals surface area contributed by atoms with E-state index < -0.39 is 11.9 Å². The molecule has 6 nitrogen and oxygen atoms in total. The number of ether oxygens (including phenoxy) is 1. The van der Waals surface area contributed by atoms with Crippen LogP contribution in [-0.2, 0) is 4.79 Å². The van der Waals surface area contributed by atoms with Crippen LogP contribution in [0.15, 0.2) is 48.5 Å². The fraction of sp³-hybridized carbons (Fsp3) is 0.176. The van der Waals surface area contributed by atoms with Gasteiger partial charge in [-0.05, 0) is 37.1 Å². The van der Waals surface area contributed by atoms with Crippen LogP contribution in [-0.4, -0.2) is 18.5 Å². The highest BCUT2D eigenvalue weighted by atomic mass is 16.5. The number of hydrazine groups is 1. The molecule has 120 valence electrons. The van der Waals surface area contributed by atoms with E-state index in [1.165, 1.54) is 0 Å². The van der Waals surface area contributed by atoms with Gasteiger partial charge in [0.2, 0.25) is 0 Å². The zero-order chi connectivity index (χ0) is 16.7. The molecule has 2 aromatic rings. The van der Waals surface area contributed by atoms with Crippen molar-refractivity contribution in [1.29, 1.82) is 0 Å². The number of benzene rings is 2. The van der Waals surface area contributed by atoms with Crippen LogP contribution >= 0.6 is 0 Å². The number of carbonyl (C=O) groups excluding carboxylic acids is 2. The lowest BCUT2D eigenvalue weighted by atomic mass is 10.1. The molecule has 23 heavy (non-hydrogen) atoms. The van der Waals surface area contributed by atoms with Gasteiger partial charge in [0.25, 0.3) is 5.91 Å². The smallest absolute Gasteiger partial charge is 0.337 e. The van der Waals surface area contributed by atoms with Gasteiger partial charge in [0, 0.05) is 5.69 Å². The van der Waals surface area contributed by atoms with Crippen molar-refractivity contribution in [2.75, 3.05) is 11.9 Å². The number of anilines is 1. The number of rotatable bonds is 4. The lowest BCUT2D eigenvalue weighted by Gasteiger charge is -2.12. The summed E-state index contributed by atoms with van der Waals surface area (Å²) in [7, 11) is 0. The Balaban J connectivity index is 1.76. The van der Waals surface area contributed by atoms with Crippen molar-refractivity contribution in [2.24, 2.45) is 0 Å². The molecule has 0 aromatic heterocycles. The molecule has 0 aliphatic carbocycles. The predicted molar refractivity (Wildman–Crippen MR) is 88.2 cm³/mol. The second-order valence-electron chi connectivity index (χ2n) is 5.00. The molecule has 0 aliphatic heterocycles. The maximum Gasteiger partial charge on any atom is 0.337 e. The molecule has 2 rings (SSSR count). The molecule has 0 spiro atoms. The summed E-state index contributed by atoms with van der Waals surface area (Å²) in [5.41, 5.74) is 7.09. The van der Waals surface area contributed by atoms with Crippen LogP contribution in [0.1, 0.15) is 11.1 Å². The van der Waals surface area contributed by atoms with Crippen molar-refractivity contribution < 1.29 is 14.3 Å². The van der Waals surface area contributed by atoms with Crippen LogP contribution in [0.3, 0.4) is 0 Å². The highest BCUT2D eigenvalue weighted by Crippen LogP contribution is 2.21. The van der Waals surface area contributed by atoms with Gasteiger partial charge < -0.3 is 10.1 Å². The number of aryl methyl sites for hydroxylation is 2. The first kappa shape index (κ1) is 16.4. The highest BCUT2D eigenvalue weighted by Gasteiger charge is 2.08. The molecule has 0 fully saturated rings. The van der Waals surface area contributed by atoms with Gasteiger partial charge in [-0.15, -0.1) is 0 Å². The first-order chi connectivity index (χ1) is 11.1. The van der Waals surface area contributed by atoms with Gasteiger partial charge >= 0.3 is 6.03 Å². The molecular formula is C17H19N3O3. The summed E-state index contributed by atoms with van der Waals surface area (Å²) < 4.78 is 5.50. The molecule has 6 heteroatoms. The number of amides is 3. The fourth-order valence-electron chi connectivity index (χ4n) is 2.01. The molecule has 0 aliphatic rings. The lowest BCUT2D eigenvalue weighted by Crippen LogP contribution is -2.45. The van der Waals surface area contributed by atoms with Gasteiger partial charge in [-0.3, -0.25) is 10.2 Å². The van der Waals surface area contributed by atoms with E-state index in [4.69, 9.17) is 4.74 Å². The largest absolute Gasteiger partial charge is 0.483 e. The summed E-state index contributed by atoms with van der Waals surface area (Å²) in [6.45, 7) is 3.63. The lowest BCUT2D eigenvalue weighted by molar-refractivity contribution is -0.123. The highest BCUT2D eigenvalue weighted by molar-refractivity contribution is 5.91. The van der Waals surface area contributed by atoms with Crippen LogP contribution < -0.4 is 20.9 Å². The second-order valence-corrected chi connectivity index (χ2v) is 5.00. The third-order valence-electron chi connectivity index (χ3n) is 3.10. The van der Waals surface area contributed by atoms with Gasteiger partial charge in [0.05, 0.1) is 0 Å². The first-order valence-corrected chi connectivity index (χ1v) is 7.16. The number of carbonyl (C=O) groups is 2. The van der Waals surface area contributed by atoms with Crippen LogP contribution in [0.2, 0.25) is 0 Å². The van der Waals surface area contributed by atoms with Crippen molar-refractivity contribution in [3.63, 3.8) is 0 Å². The van der Waals surface area contributed by atoms with Crippen LogP contribution in [0, 0.1) is 13.8 Å². The second kappa shape index (κ2) is 7.84. The predicted octanol–water partition coefficient (Wildman–Crippen LogP) is 2.54. The minimum Gasteiger partial charge on any atom is -0.483 e. The van der Waals surface area contributed by atoms with Crippen molar-refractivity contribution in [1.82, 2.24) is 10.9 Å². The Morgan fingerprint density at radius 1 is 0.913 bits per heavy atom. The summed E-state index contributed by atoms with van der Waals surface area (Å²) in [5, 5.41) is 2.58. The van der Waals surface area contributed by atoms with Gasteiger partial charge in [0.15, 0.2) is 6.61 Å². The molecule has 2 aromatic carbocycles. The molecule has 0 saturated carbocycles. The maximum atomic E-state index is 11.7. The molecular weight excluding hydrogens is 294 g/mol. The van der Waals surface area contributed by atoms with E-state index in [1.54, 1.807) is 24.3 Å². The standard InChI is InChI=1S/C17H19N3O3/c1-12-7-6-8-13(2)16(12)23-11-15(21)19-20-17(22)18-14-9-4-3-5-10-14/h3-10H,11H2,1-2H3,(H,19,21)(H2,18,20,22). The van der Waals surface area contributed by atoms with E-state index in [2.05, 4.69) is 16.2 Å². The zero-order valence-electron chi connectivity index (χ0n) is 13.1. The Morgan fingerprint density at radius 3 is 2.22 bits per heavy atom. The molecule has 0 unspecified atom stereocenters. The van der Waals surface area contributed by atoms with Crippen LogP contribution in [0.5, 0.6) is 5.75 Å². The van der Waals surface area contributed by atoms with E-state index in [-0.39, 0.29) is 6.61 Å². The normalized spacial score (nSPS) is 9.83. The number of hydrogen-bond donors (Lipinski definition) is 3. The van der Waals surface area contributed by atoms with Crippen molar-refractivity contribution >= 4 is 17.6 Å². The number of nitrogens with one attached hydrogen (secondary N) is 3. The Hall–Kier alpha value is -3.02. The third-order valence-corrected chi connectivity index (χ3v) is 3.10. The van der Waals surface area contributed by atoms with Crippen molar-refractivity contribution in [3.8, 4) is 5.75 Å². The molecule has 3 amide bonds. The zero-order valence-corrected chi connectivity index (χ0v) is 13.1. The van der Waals surface area contributed by atoms with E-state index in [0.29, 0.717) is 11.4 Å². The summed E-state index contributed by atoms with van der Waals surface area (Å²) in [4.78, 5) is 23.3. The van der Waals surface area contributed by atoms with E-state index in [0.717, 1.165) is 11.1 Å². The van der Waals surface area contributed by atoms with Gasteiger partial charge in [0.1, 0.15) is 5.75 Å². The van der Waals surface area contributed by atoms with E-state index >= 15 is 0 Å². The number of urea groups is 1. The summed E-state index contributed by atoms with van der Waals surface area (Å²) in [5.74, 6) is 0.229. The molecule has 0 atom stereocenters. The van der Waals surface area contributed by atoms with E-state index in [9.17, 15) is 9.59 Å². The average molecular weight is 313 g/mol. The van der Waals surface area contributed by atoms with Crippen LogP contribution in [0.4, 0.5) is 10.5 Å². The Bertz CT molecular complexity index is 666. The summed E-state index contributed by atoms with van der Waals surface area (Å²) in [6.07, 6.45) is 0. The molecule has 0 bridgehead atoms. The molecule has 0 radical (unpaired) electrons. The summed E-state index contributed by atoms with van der Waals surface area (Å²) >= 11 is 0. The van der Waals surface area contributed by atoms with Gasteiger partial charge in [-0.1, -0.05) is 36.4 Å². The Kier molecular flexibility index (Phi) is 5.57. The van der Waals surface area contributed by atoms with Crippen LogP contribution in [0.25, 0.3) is 0 Å². The number of para-hydroxylation sites is 2. The monoisotopic (exact) mass is 313 g/mol. The third kappa shape index (κ3) is 5.03. The first-order valence-electron chi connectivity index (χ1n) is 7.16. The topological polar surface area (TPSA) is 79.5 Å². The fourth-order valence-corrected chi connectivity index (χ4v) is 2.01. The quantitative estimate of drug-likeness (QED) is 0.759. The molecule has 0 heterocycles. The molecule has 0 saturated heterocycles. The average Bonchev–Trinajstić information content (AvgIpc) is 2.53. The van der Waals surface area contributed by atoms with E-state index in [1.807, 2.05) is 38.1 Å². The minimum atomic E-state index is -0.531. The summed E-state index contributed by atoms with van der Waals surface area (Å²) in [6, 6.07) is 14.1. The van der Waals surface area contributed by atoms with Crippen molar-refractivity contribution in [3.05, 3.63) is 59.7 Å². The Labute approximate surface area is 134 Å². The molecule has 3 N–H and O–H groups in total.